The highest BCUT2D eigenvalue weighted by molar-refractivity contribution is 5.54. The van der Waals surface area contributed by atoms with Crippen LogP contribution in [0.15, 0.2) is 66.9 Å². The molecule has 1 aliphatic rings. The maximum absolute atomic E-state index is 5.81. The zero-order valence-corrected chi connectivity index (χ0v) is 15.6. The van der Waals surface area contributed by atoms with Crippen LogP contribution in [0.5, 0.6) is 5.75 Å². The quantitative estimate of drug-likeness (QED) is 0.701. The van der Waals surface area contributed by atoms with Gasteiger partial charge in [-0.2, -0.15) is 0 Å². The van der Waals surface area contributed by atoms with Gasteiger partial charge in [-0.1, -0.05) is 48.5 Å². The first-order valence-electron chi connectivity index (χ1n) is 9.59. The maximum Gasteiger partial charge on any atom is 0.137 e. The summed E-state index contributed by atoms with van der Waals surface area (Å²) in [4.78, 5) is 12.9. The number of hydrogen-bond acceptors (Lipinski definition) is 4. The first kappa shape index (κ1) is 17.8. The van der Waals surface area contributed by atoms with Crippen molar-refractivity contribution in [3.05, 3.63) is 72.6 Å². The molecule has 1 aliphatic heterocycles. The summed E-state index contributed by atoms with van der Waals surface area (Å²) >= 11 is 0. The number of piperazine rings is 1. The molecule has 5 nitrogen and oxygen atoms in total. The molecular formula is C22H26N4O. The van der Waals surface area contributed by atoms with Crippen molar-refractivity contribution in [1.82, 2.24) is 19.8 Å². The average molecular weight is 362 g/mol. The molecule has 0 atom stereocenters. The van der Waals surface area contributed by atoms with E-state index in [-0.39, 0.29) is 0 Å². The molecule has 3 aromatic rings. The van der Waals surface area contributed by atoms with Crippen LogP contribution in [0.3, 0.4) is 0 Å². The van der Waals surface area contributed by atoms with E-state index in [0.717, 1.165) is 63.0 Å². The molecule has 0 bridgehead atoms. The molecule has 5 heteroatoms. The number of H-pyrrole nitrogens is 1. The van der Waals surface area contributed by atoms with Gasteiger partial charge in [-0.3, -0.25) is 9.80 Å². The SMILES string of the molecule is c1ccc(OCCN2CCN(Cc3cnc(-c4ccccc4)[nH]3)CC2)cc1. The molecule has 0 amide bonds. The smallest absolute Gasteiger partial charge is 0.137 e. The van der Waals surface area contributed by atoms with Gasteiger partial charge in [-0.25, -0.2) is 4.98 Å². The van der Waals surface area contributed by atoms with Crippen molar-refractivity contribution in [2.45, 2.75) is 6.54 Å². The standard InChI is InChI=1S/C22H26N4O/c1-3-7-19(8-4-1)22-23-17-20(24-22)18-26-13-11-25(12-14-26)15-16-27-21-9-5-2-6-10-21/h1-10,17H,11-16,18H2,(H,23,24). The Bertz CT molecular complexity index is 811. The van der Waals surface area contributed by atoms with Gasteiger partial charge in [-0.05, 0) is 12.1 Å². The molecule has 1 fully saturated rings. The molecule has 2 aromatic carbocycles. The Labute approximate surface area is 160 Å². The van der Waals surface area contributed by atoms with Gasteiger partial charge in [0.05, 0.1) is 0 Å². The number of aromatic amines is 1. The van der Waals surface area contributed by atoms with Crippen molar-refractivity contribution in [2.75, 3.05) is 39.3 Å². The Morgan fingerprint density at radius 1 is 0.852 bits per heavy atom. The lowest BCUT2D eigenvalue weighted by Crippen LogP contribution is -2.47. The summed E-state index contributed by atoms with van der Waals surface area (Å²) in [6.45, 7) is 6.95. The van der Waals surface area contributed by atoms with E-state index in [1.165, 1.54) is 5.69 Å². The van der Waals surface area contributed by atoms with Crippen molar-refractivity contribution in [2.24, 2.45) is 0 Å². The second-order valence-corrected chi connectivity index (χ2v) is 6.90. The van der Waals surface area contributed by atoms with E-state index in [2.05, 4.69) is 31.9 Å². The summed E-state index contributed by atoms with van der Waals surface area (Å²) in [7, 11) is 0. The monoisotopic (exact) mass is 362 g/mol. The minimum atomic E-state index is 0.741. The van der Waals surface area contributed by atoms with Crippen LogP contribution in [0.1, 0.15) is 5.69 Å². The molecule has 0 spiro atoms. The Hall–Kier alpha value is -2.63. The maximum atomic E-state index is 5.81. The lowest BCUT2D eigenvalue weighted by molar-refractivity contribution is 0.112. The topological polar surface area (TPSA) is 44.4 Å². The third-order valence-electron chi connectivity index (χ3n) is 4.95. The number of imidazole rings is 1. The van der Waals surface area contributed by atoms with Crippen LogP contribution in [-0.4, -0.2) is 59.1 Å². The highest BCUT2D eigenvalue weighted by Crippen LogP contribution is 2.16. The van der Waals surface area contributed by atoms with Crippen molar-refractivity contribution in [1.29, 1.82) is 0 Å². The van der Waals surface area contributed by atoms with E-state index in [0.29, 0.717) is 0 Å². The van der Waals surface area contributed by atoms with Crippen molar-refractivity contribution < 1.29 is 4.74 Å². The molecule has 27 heavy (non-hydrogen) atoms. The number of nitrogens with one attached hydrogen (secondary N) is 1. The van der Waals surface area contributed by atoms with Crippen LogP contribution in [-0.2, 0) is 6.54 Å². The second kappa shape index (κ2) is 8.84. The molecule has 0 saturated carbocycles. The predicted molar refractivity (Wildman–Crippen MR) is 108 cm³/mol. The lowest BCUT2D eigenvalue weighted by Gasteiger charge is -2.34. The van der Waals surface area contributed by atoms with Crippen molar-refractivity contribution >= 4 is 0 Å². The Balaban J connectivity index is 1.20. The second-order valence-electron chi connectivity index (χ2n) is 6.90. The summed E-state index contributed by atoms with van der Waals surface area (Å²) in [6.07, 6.45) is 1.96. The third-order valence-corrected chi connectivity index (χ3v) is 4.95. The van der Waals surface area contributed by atoms with Crippen molar-refractivity contribution in [3.63, 3.8) is 0 Å². The first-order valence-corrected chi connectivity index (χ1v) is 9.59. The Morgan fingerprint density at radius 3 is 2.26 bits per heavy atom. The van der Waals surface area contributed by atoms with Gasteiger partial charge in [-0.15, -0.1) is 0 Å². The molecule has 140 valence electrons. The van der Waals surface area contributed by atoms with Gasteiger partial charge in [0, 0.05) is 56.7 Å². The van der Waals surface area contributed by atoms with E-state index in [4.69, 9.17) is 4.74 Å². The van der Waals surface area contributed by atoms with Gasteiger partial charge in [0.1, 0.15) is 18.2 Å². The Kier molecular flexibility index (Phi) is 5.82. The van der Waals surface area contributed by atoms with Crippen LogP contribution in [0.4, 0.5) is 0 Å². The summed E-state index contributed by atoms with van der Waals surface area (Å²) < 4.78 is 5.81. The molecule has 2 heterocycles. The fourth-order valence-corrected chi connectivity index (χ4v) is 3.40. The fourth-order valence-electron chi connectivity index (χ4n) is 3.40. The zero-order valence-electron chi connectivity index (χ0n) is 15.6. The number of benzene rings is 2. The van der Waals surface area contributed by atoms with Crippen LogP contribution < -0.4 is 4.74 Å². The third kappa shape index (κ3) is 4.96. The number of hydrogen-bond donors (Lipinski definition) is 1. The number of rotatable bonds is 7. The summed E-state index contributed by atoms with van der Waals surface area (Å²) in [5, 5.41) is 0. The molecule has 0 unspecified atom stereocenters. The predicted octanol–water partition coefficient (Wildman–Crippen LogP) is 3.27. The Morgan fingerprint density at radius 2 is 1.52 bits per heavy atom. The molecule has 4 rings (SSSR count). The van der Waals surface area contributed by atoms with Crippen LogP contribution in [0, 0.1) is 0 Å². The van der Waals surface area contributed by atoms with Gasteiger partial charge in [0.15, 0.2) is 0 Å². The first-order chi connectivity index (χ1) is 13.4. The van der Waals surface area contributed by atoms with Gasteiger partial charge in [0.25, 0.3) is 0 Å². The van der Waals surface area contributed by atoms with E-state index in [1.54, 1.807) is 0 Å². The van der Waals surface area contributed by atoms with Crippen molar-refractivity contribution in [3.8, 4) is 17.1 Å². The molecule has 0 radical (unpaired) electrons. The summed E-state index contributed by atoms with van der Waals surface area (Å²) in [5.74, 6) is 1.90. The zero-order chi connectivity index (χ0) is 18.3. The number of aromatic nitrogens is 2. The normalized spacial score (nSPS) is 15.7. The number of nitrogens with zero attached hydrogens (tertiary/aromatic N) is 3. The highest BCUT2D eigenvalue weighted by Gasteiger charge is 2.17. The minimum Gasteiger partial charge on any atom is -0.492 e. The molecule has 0 aliphatic carbocycles. The molecule has 1 saturated heterocycles. The highest BCUT2D eigenvalue weighted by atomic mass is 16.5. The van der Waals surface area contributed by atoms with Crippen LogP contribution in [0.25, 0.3) is 11.4 Å². The molecular weight excluding hydrogens is 336 g/mol. The molecule has 1 aromatic heterocycles. The average Bonchev–Trinajstić information content (AvgIpc) is 3.19. The van der Waals surface area contributed by atoms with E-state index in [1.807, 2.05) is 54.7 Å². The molecule has 1 N–H and O–H groups in total. The summed E-state index contributed by atoms with van der Waals surface area (Å²) in [6, 6.07) is 20.3. The fraction of sp³-hybridized carbons (Fsp3) is 0.318. The van der Waals surface area contributed by atoms with Crippen LogP contribution >= 0.6 is 0 Å². The minimum absolute atomic E-state index is 0.741. The lowest BCUT2D eigenvalue weighted by atomic mass is 10.2. The van der Waals surface area contributed by atoms with Gasteiger partial charge >= 0.3 is 0 Å². The van der Waals surface area contributed by atoms with E-state index >= 15 is 0 Å². The van der Waals surface area contributed by atoms with E-state index < -0.39 is 0 Å². The van der Waals surface area contributed by atoms with Gasteiger partial charge in [0.2, 0.25) is 0 Å². The van der Waals surface area contributed by atoms with Gasteiger partial charge < -0.3 is 9.72 Å². The van der Waals surface area contributed by atoms with Crippen LogP contribution in [0.2, 0.25) is 0 Å². The largest absolute Gasteiger partial charge is 0.492 e. The summed E-state index contributed by atoms with van der Waals surface area (Å²) in [5.41, 5.74) is 2.31. The van der Waals surface area contributed by atoms with E-state index in [9.17, 15) is 0 Å². The number of ether oxygens (including phenoxy) is 1. The number of para-hydroxylation sites is 1.